The molecule has 5 nitrogen and oxygen atoms in total. The number of aliphatic hydroxyl groups excluding tert-OH is 1. The van der Waals surface area contributed by atoms with Crippen LogP contribution in [-0.4, -0.2) is 17.4 Å². The molecule has 2 aliphatic rings. The molecule has 2 unspecified atom stereocenters. The Morgan fingerprint density at radius 2 is 2.35 bits per heavy atom. The fourth-order valence-corrected chi connectivity index (χ4v) is 2.53. The third kappa shape index (κ3) is 1.28. The maximum atomic E-state index is 13.5. The average molecular weight is 238 g/mol. The molecule has 3 rings (SSSR count). The Kier molecular flexibility index (Phi) is 1.96. The Balaban J connectivity index is 2.15. The van der Waals surface area contributed by atoms with Gasteiger partial charge in [0.15, 0.2) is 5.60 Å². The first-order chi connectivity index (χ1) is 8.03. The van der Waals surface area contributed by atoms with Crippen LogP contribution in [0.15, 0.2) is 12.1 Å². The summed E-state index contributed by atoms with van der Waals surface area (Å²) < 4.78 is 18.7. The first-order valence-corrected chi connectivity index (χ1v) is 5.28. The van der Waals surface area contributed by atoms with E-state index >= 15 is 0 Å². The van der Waals surface area contributed by atoms with E-state index < -0.39 is 23.7 Å². The lowest BCUT2D eigenvalue weighted by Crippen LogP contribution is -2.34. The normalized spacial score (nSPS) is 30.7. The lowest BCUT2D eigenvalue weighted by atomic mass is 9.95. The van der Waals surface area contributed by atoms with E-state index in [1.165, 1.54) is 12.1 Å². The van der Waals surface area contributed by atoms with E-state index in [-0.39, 0.29) is 5.69 Å². The number of anilines is 1. The maximum Gasteiger partial charge on any atom is 0.260 e. The minimum Gasteiger partial charge on any atom is -0.396 e. The Labute approximate surface area is 96.4 Å². The van der Waals surface area contributed by atoms with Crippen LogP contribution in [0.4, 0.5) is 10.1 Å². The zero-order chi connectivity index (χ0) is 12.2. The van der Waals surface area contributed by atoms with Crippen LogP contribution >= 0.6 is 0 Å². The molecule has 1 aromatic rings. The fourth-order valence-electron chi connectivity index (χ4n) is 2.53. The molecule has 1 amide bonds. The zero-order valence-electron chi connectivity index (χ0n) is 8.87. The van der Waals surface area contributed by atoms with Gasteiger partial charge in [0.1, 0.15) is 5.82 Å². The van der Waals surface area contributed by atoms with Crippen LogP contribution in [0.1, 0.15) is 17.5 Å². The summed E-state index contributed by atoms with van der Waals surface area (Å²) in [6.45, 7) is 0. The third-order valence-corrected chi connectivity index (χ3v) is 3.34. The number of benzene rings is 1. The number of aliphatic hydroxyl groups is 1. The van der Waals surface area contributed by atoms with Gasteiger partial charge >= 0.3 is 0 Å². The molecule has 6 heteroatoms. The lowest BCUT2D eigenvalue weighted by Gasteiger charge is -2.20. The summed E-state index contributed by atoms with van der Waals surface area (Å²) in [7, 11) is 0. The smallest absolute Gasteiger partial charge is 0.260 e. The topological polar surface area (TPSA) is 84.6 Å². The molecule has 1 heterocycles. The predicted octanol–water partition coefficient (Wildman–Crippen LogP) is -0.0283. The van der Waals surface area contributed by atoms with Crippen molar-refractivity contribution in [2.75, 3.05) is 5.73 Å². The first-order valence-electron chi connectivity index (χ1n) is 5.28. The Hall–Kier alpha value is -1.66. The zero-order valence-corrected chi connectivity index (χ0v) is 8.87. The first kappa shape index (κ1) is 10.5. The van der Waals surface area contributed by atoms with Gasteiger partial charge in [0.25, 0.3) is 5.91 Å². The molecule has 0 radical (unpaired) electrons. The largest absolute Gasteiger partial charge is 0.396 e. The van der Waals surface area contributed by atoms with Gasteiger partial charge < -0.3 is 20.9 Å². The summed E-state index contributed by atoms with van der Waals surface area (Å²) in [6.07, 6.45) is -0.386. The molecule has 0 bridgehead atoms. The Bertz CT molecular complexity index is 520. The van der Waals surface area contributed by atoms with Crippen LogP contribution < -0.4 is 11.1 Å². The van der Waals surface area contributed by atoms with Crippen LogP contribution in [0.5, 0.6) is 0 Å². The molecule has 4 N–H and O–H groups in total. The second kappa shape index (κ2) is 3.18. The number of nitrogen functional groups attached to an aromatic ring is 1. The number of hydrogen-bond donors (Lipinski definition) is 3. The van der Waals surface area contributed by atoms with E-state index in [0.717, 1.165) is 5.56 Å². The van der Waals surface area contributed by atoms with Gasteiger partial charge in [-0.15, -0.1) is 0 Å². The lowest BCUT2D eigenvalue weighted by molar-refractivity contribution is -0.155. The number of hydrogen-bond acceptors (Lipinski definition) is 4. The van der Waals surface area contributed by atoms with Crippen LogP contribution in [0.25, 0.3) is 0 Å². The molecule has 17 heavy (non-hydrogen) atoms. The minimum atomic E-state index is -1.34. The third-order valence-electron chi connectivity index (χ3n) is 3.34. The highest BCUT2D eigenvalue weighted by Gasteiger charge is 2.53. The number of carbonyl (C=O) groups excluding carboxylic acids is 1. The number of aryl methyl sites for hydroxylation is 1. The highest BCUT2D eigenvalue weighted by atomic mass is 19.1. The number of fused-ring (bicyclic) bond motifs is 2. The predicted molar refractivity (Wildman–Crippen MR) is 56.0 cm³/mol. The monoisotopic (exact) mass is 238 g/mol. The summed E-state index contributed by atoms with van der Waals surface area (Å²) in [5, 5.41) is 11.6. The van der Waals surface area contributed by atoms with E-state index in [9.17, 15) is 14.3 Å². The molecule has 0 saturated carbocycles. The SMILES string of the molecule is Nc1cc2c(cc1F)C1(CC2)OC(O)NC1=O. The molecule has 1 spiro atoms. The van der Waals surface area contributed by atoms with E-state index in [4.69, 9.17) is 10.5 Å². The second-order valence-electron chi connectivity index (χ2n) is 4.30. The molecular formula is C11H11FN2O3. The van der Waals surface area contributed by atoms with Crippen molar-refractivity contribution in [3.05, 3.63) is 29.1 Å². The van der Waals surface area contributed by atoms with E-state index in [0.29, 0.717) is 18.4 Å². The fraction of sp³-hybridized carbons (Fsp3) is 0.364. The summed E-state index contributed by atoms with van der Waals surface area (Å²) in [5.74, 6) is -1.02. The molecule has 1 aliphatic heterocycles. The van der Waals surface area contributed by atoms with Crippen molar-refractivity contribution in [3.8, 4) is 0 Å². The molecule has 1 fully saturated rings. The van der Waals surface area contributed by atoms with Gasteiger partial charge in [0, 0.05) is 0 Å². The summed E-state index contributed by atoms with van der Waals surface area (Å²) in [6, 6.07) is 2.73. The molecule has 2 atom stereocenters. The van der Waals surface area contributed by atoms with E-state index in [1.54, 1.807) is 0 Å². The maximum absolute atomic E-state index is 13.5. The number of amides is 1. The van der Waals surface area contributed by atoms with Gasteiger partial charge in [0.05, 0.1) is 5.69 Å². The van der Waals surface area contributed by atoms with E-state index in [1.807, 2.05) is 0 Å². The van der Waals surface area contributed by atoms with Gasteiger partial charge in [-0.2, -0.15) is 0 Å². The molecule has 1 saturated heterocycles. The number of nitrogens with one attached hydrogen (secondary N) is 1. The summed E-state index contributed by atoms with van der Waals surface area (Å²) in [5.41, 5.74) is 5.51. The number of halogens is 1. The van der Waals surface area contributed by atoms with Crippen molar-refractivity contribution < 1.29 is 19.0 Å². The Morgan fingerprint density at radius 3 is 3.00 bits per heavy atom. The second-order valence-corrected chi connectivity index (χ2v) is 4.30. The molecule has 0 aromatic heterocycles. The van der Waals surface area contributed by atoms with Gasteiger partial charge in [0.2, 0.25) is 6.41 Å². The van der Waals surface area contributed by atoms with Crippen molar-refractivity contribution in [3.63, 3.8) is 0 Å². The van der Waals surface area contributed by atoms with E-state index in [2.05, 4.69) is 5.32 Å². The van der Waals surface area contributed by atoms with Crippen LogP contribution in [0.2, 0.25) is 0 Å². The molecular weight excluding hydrogens is 227 g/mol. The number of ether oxygens (including phenoxy) is 1. The van der Waals surface area contributed by atoms with Gasteiger partial charge in [-0.25, -0.2) is 4.39 Å². The number of carbonyl (C=O) groups is 1. The minimum absolute atomic E-state index is 0.0553. The van der Waals surface area contributed by atoms with Gasteiger partial charge in [-0.3, -0.25) is 4.79 Å². The van der Waals surface area contributed by atoms with Crippen molar-refractivity contribution in [2.45, 2.75) is 24.9 Å². The van der Waals surface area contributed by atoms with Crippen molar-refractivity contribution in [1.82, 2.24) is 5.32 Å². The van der Waals surface area contributed by atoms with Crippen LogP contribution in [0.3, 0.4) is 0 Å². The van der Waals surface area contributed by atoms with Crippen molar-refractivity contribution >= 4 is 11.6 Å². The number of nitrogens with two attached hydrogens (primary N) is 1. The highest BCUT2D eigenvalue weighted by Crippen LogP contribution is 2.44. The van der Waals surface area contributed by atoms with Gasteiger partial charge in [-0.05, 0) is 36.1 Å². The summed E-state index contributed by atoms with van der Waals surface area (Å²) >= 11 is 0. The molecule has 90 valence electrons. The van der Waals surface area contributed by atoms with Crippen molar-refractivity contribution in [1.29, 1.82) is 0 Å². The molecule has 1 aromatic carbocycles. The quantitative estimate of drug-likeness (QED) is 0.554. The van der Waals surface area contributed by atoms with Gasteiger partial charge in [-0.1, -0.05) is 0 Å². The standard InChI is InChI=1S/C11H11FN2O3/c12-7-4-6-5(3-8(7)13)1-2-11(6)9(15)14-10(16)17-11/h3-4,10,16H,1-2,13H2,(H,14,15). The average Bonchev–Trinajstić information content (AvgIpc) is 2.73. The highest BCUT2D eigenvalue weighted by molar-refractivity contribution is 5.89. The Morgan fingerprint density at radius 1 is 1.59 bits per heavy atom. The number of rotatable bonds is 0. The van der Waals surface area contributed by atoms with Crippen LogP contribution in [-0.2, 0) is 21.6 Å². The van der Waals surface area contributed by atoms with Crippen molar-refractivity contribution in [2.24, 2.45) is 0 Å². The van der Waals surface area contributed by atoms with Crippen LogP contribution in [0, 0.1) is 5.82 Å². The molecule has 1 aliphatic carbocycles. The summed E-state index contributed by atoms with van der Waals surface area (Å²) in [4.78, 5) is 11.8.